The van der Waals surface area contributed by atoms with Crippen molar-refractivity contribution >= 4 is 6.09 Å². The highest BCUT2D eigenvalue weighted by atomic mass is 16.6. The molecule has 92 valence electrons. The van der Waals surface area contributed by atoms with Crippen LogP contribution in [0.5, 0.6) is 0 Å². The van der Waals surface area contributed by atoms with Crippen molar-refractivity contribution in [2.24, 2.45) is 0 Å². The second-order valence-corrected chi connectivity index (χ2v) is 4.21. The van der Waals surface area contributed by atoms with Crippen LogP contribution >= 0.6 is 0 Å². The number of amides is 1. The Labute approximate surface area is 101 Å². The molecule has 0 saturated carbocycles. The predicted octanol–water partition coefficient (Wildman–Crippen LogP) is 1.60. The van der Waals surface area contributed by atoms with E-state index in [2.05, 4.69) is 0 Å². The Bertz CT molecular complexity index is 366. The molecule has 0 spiro atoms. The fraction of sp³-hybridized carbons (Fsp3) is 0.462. The van der Waals surface area contributed by atoms with Gasteiger partial charge in [-0.3, -0.25) is 0 Å². The number of aliphatic hydroxyl groups is 1. The first-order chi connectivity index (χ1) is 8.31. The number of nitrogens with zero attached hydrogens (tertiary/aromatic N) is 1. The van der Waals surface area contributed by atoms with Crippen LogP contribution in [0.25, 0.3) is 0 Å². The lowest BCUT2D eigenvalue weighted by Gasteiger charge is -2.32. The minimum Gasteiger partial charge on any atom is -0.449 e. The second kappa shape index (κ2) is 5.68. The molecule has 1 heterocycles. The molecule has 1 N–H and O–H groups in total. The number of hydrogen-bond acceptors (Lipinski definition) is 3. The number of carbonyl (C=O) groups is 1. The predicted molar refractivity (Wildman–Crippen MR) is 63.8 cm³/mol. The number of ether oxygens (including phenoxy) is 1. The van der Waals surface area contributed by atoms with Gasteiger partial charge in [-0.2, -0.15) is 0 Å². The van der Waals surface area contributed by atoms with E-state index in [0.717, 1.165) is 0 Å². The van der Waals surface area contributed by atoms with E-state index in [4.69, 9.17) is 9.84 Å². The largest absolute Gasteiger partial charge is 0.449 e. The maximum Gasteiger partial charge on any atom is 0.409 e. The van der Waals surface area contributed by atoms with Crippen molar-refractivity contribution in [3.8, 4) is 0 Å². The molecule has 1 saturated heterocycles. The van der Waals surface area contributed by atoms with Crippen LogP contribution < -0.4 is 0 Å². The topological polar surface area (TPSA) is 49.8 Å². The van der Waals surface area contributed by atoms with Crippen LogP contribution in [-0.4, -0.2) is 42.4 Å². The zero-order valence-electron chi connectivity index (χ0n) is 9.71. The van der Waals surface area contributed by atoms with Crippen LogP contribution in [0.3, 0.4) is 0 Å². The van der Waals surface area contributed by atoms with Crippen molar-refractivity contribution in [2.45, 2.75) is 12.3 Å². The molecule has 0 aromatic heterocycles. The summed E-state index contributed by atoms with van der Waals surface area (Å²) in [5.74, 6) is 0.229. The number of carbonyl (C=O) groups excluding carboxylic acids is 1. The third-order valence-electron chi connectivity index (χ3n) is 2.96. The molecule has 1 unspecified atom stereocenters. The van der Waals surface area contributed by atoms with Crippen LogP contribution in [0.1, 0.15) is 17.9 Å². The lowest BCUT2D eigenvalue weighted by atomic mass is 9.98. The maximum atomic E-state index is 11.5. The summed E-state index contributed by atoms with van der Waals surface area (Å²) in [4.78, 5) is 13.2. The molecule has 1 aliphatic rings. The highest BCUT2D eigenvalue weighted by Crippen LogP contribution is 2.22. The standard InChI is InChI=1S/C13H17NO3/c15-8-4-7-14-9-12(10-17-13(14)16)11-5-2-1-3-6-11/h1-3,5-6,12,15H,4,7-10H2. The molecule has 1 aromatic rings. The molecule has 0 radical (unpaired) electrons. The van der Waals surface area contributed by atoms with Crippen LogP contribution in [0.4, 0.5) is 4.79 Å². The van der Waals surface area contributed by atoms with Gasteiger partial charge >= 0.3 is 6.09 Å². The zero-order chi connectivity index (χ0) is 12.1. The molecule has 17 heavy (non-hydrogen) atoms. The third-order valence-corrected chi connectivity index (χ3v) is 2.96. The first-order valence-corrected chi connectivity index (χ1v) is 5.89. The molecular formula is C13H17NO3. The highest BCUT2D eigenvalue weighted by Gasteiger charge is 2.27. The van der Waals surface area contributed by atoms with Crippen LogP contribution in [-0.2, 0) is 4.74 Å². The van der Waals surface area contributed by atoms with Gasteiger partial charge in [-0.05, 0) is 12.0 Å². The lowest BCUT2D eigenvalue weighted by Crippen LogP contribution is -2.42. The molecule has 4 heteroatoms. The minimum atomic E-state index is -0.273. The van der Waals surface area contributed by atoms with Gasteiger partial charge in [-0.15, -0.1) is 0 Å². The van der Waals surface area contributed by atoms with Crippen molar-refractivity contribution in [1.29, 1.82) is 0 Å². The fourth-order valence-electron chi connectivity index (χ4n) is 2.03. The van der Waals surface area contributed by atoms with Crippen LogP contribution in [0.2, 0.25) is 0 Å². The Kier molecular flexibility index (Phi) is 3.98. The first kappa shape index (κ1) is 11.9. The fourth-order valence-corrected chi connectivity index (χ4v) is 2.03. The van der Waals surface area contributed by atoms with Gasteiger partial charge in [-0.1, -0.05) is 30.3 Å². The van der Waals surface area contributed by atoms with E-state index in [9.17, 15) is 4.79 Å². The maximum absolute atomic E-state index is 11.5. The number of aliphatic hydroxyl groups excluding tert-OH is 1. The van der Waals surface area contributed by atoms with Gasteiger partial charge in [0, 0.05) is 25.6 Å². The molecule has 1 amide bonds. The smallest absolute Gasteiger partial charge is 0.409 e. The Morgan fingerprint density at radius 1 is 1.35 bits per heavy atom. The molecule has 1 fully saturated rings. The normalized spacial score (nSPS) is 20.2. The summed E-state index contributed by atoms with van der Waals surface area (Å²) in [6.07, 6.45) is 0.321. The molecular weight excluding hydrogens is 218 g/mol. The SMILES string of the molecule is O=C1OCC(c2ccccc2)CN1CCCO. The summed E-state index contributed by atoms with van der Waals surface area (Å²) in [6, 6.07) is 10.1. The second-order valence-electron chi connectivity index (χ2n) is 4.21. The molecule has 4 nitrogen and oxygen atoms in total. The first-order valence-electron chi connectivity index (χ1n) is 5.89. The summed E-state index contributed by atoms with van der Waals surface area (Å²) in [6.45, 7) is 1.76. The molecule has 0 bridgehead atoms. The van der Waals surface area contributed by atoms with Gasteiger partial charge in [-0.25, -0.2) is 4.79 Å². The van der Waals surface area contributed by atoms with E-state index >= 15 is 0 Å². The average Bonchev–Trinajstić information content (AvgIpc) is 2.39. The van der Waals surface area contributed by atoms with Crippen LogP contribution in [0, 0.1) is 0 Å². The van der Waals surface area contributed by atoms with E-state index in [1.165, 1.54) is 5.56 Å². The average molecular weight is 235 g/mol. The number of hydrogen-bond donors (Lipinski definition) is 1. The quantitative estimate of drug-likeness (QED) is 0.862. The Balaban J connectivity index is 2.00. The van der Waals surface area contributed by atoms with Gasteiger partial charge in [0.2, 0.25) is 0 Å². The van der Waals surface area contributed by atoms with E-state index < -0.39 is 0 Å². The number of benzene rings is 1. The molecule has 1 aromatic carbocycles. The summed E-state index contributed by atoms with van der Waals surface area (Å²) >= 11 is 0. The van der Waals surface area contributed by atoms with Crippen molar-refractivity contribution in [3.05, 3.63) is 35.9 Å². The van der Waals surface area contributed by atoms with E-state index in [1.54, 1.807) is 4.90 Å². The monoisotopic (exact) mass is 235 g/mol. The summed E-state index contributed by atoms with van der Waals surface area (Å²) in [5.41, 5.74) is 1.19. The van der Waals surface area contributed by atoms with Crippen molar-refractivity contribution < 1.29 is 14.6 Å². The van der Waals surface area contributed by atoms with Crippen LogP contribution in [0.15, 0.2) is 30.3 Å². The molecule has 1 atom stereocenters. The minimum absolute atomic E-state index is 0.0970. The summed E-state index contributed by atoms with van der Waals surface area (Å²) < 4.78 is 5.16. The van der Waals surface area contributed by atoms with Crippen molar-refractivity contribution in [3.63, 3.8) is 0 Å². The van der Waals surface area contributed by atoms with Gasteiger partial charge in [0.05, 0.1) is 0 Å². The highest BCUT2D eigenvalue weighted by molar-refractivity contribution is 5.68. The summed E-state index contributed by atoms with van der Waals surface area (Å²) in [5, 5.41) is 8.79. The molecule has 1 aliphatic heterocycles. The zero-order valence-corrected chi connectivity index (χ0v) is 9.71. The van der Waals surface area contributed by atoms with Crippen molar-refractivity contribution in [2.75, 3.05) is 26.3 Å². The van der Waals surface area contributed by atoms with E-state index in [-0.39, 0.29) is 18.6 Å². The van der Waals surface area contributed by atoms with Gasteiger partial charge in [0.25, 0.3) is 0 Å². The van der Waals surface area contributed by atoms with E-state index in [0.29, 0.717) is 26.1 Å². The Hall–Kier alpha value is -1.55. The number of rotatable bonds is 4. The van der Waals surface area contributed by atoms with Gasteiger partial charge in [0.1, 0.15) is 6.61 Å². The van der Waals surface area contributed by atoms with E-state index in [1.807, 2.05) is 30.3 Å². The number of cyclic esters (lactones) is 1. The lowest BCUT2D eigenvalue weighted by molar-refractivity contribution is 0.0594. The Morgan fingerprint density at radius 2 is 2.12 bits per heavy atom. The summed E-state index contributed by atoms with van der Waals surface area (Å²) in [7, 11) is 0. The van der Waals surface area contributed by atoms with Gasteiger partial charge < -0.3 is 14.7 Å². The Morgan fingerprint density at radius 3 is 2.82 bits per heavy atom. The third kappa shape index (κ3) is 2.97. The van der Waals surface area contributed by atoms with Gasteiger partial charge in [0.15, 0.2) is 0 Å². The molecule has 2 rings (SSSR count). The molecule has 0 aliphatic carbocycles. The van der Waals surface area contributed by atoms with Crippen molar-refractivity contribution in [1.82, 2.24) is 4.90 Å².